The summed E-state index contributed by atoms with van der Waals surface area (Å²) < 4.78 is 0. The van der Waals surface area contributed by atoms with E-state index in [1.807, 2.05) is 0 Å². The molecule has 0 bridgehead atoms. The van der Waals surface area contributed by atoms with Crippen LogP contribution in [0.2, 0.25) is 5.02 Å². The largest absolute Gasteiger partial charge is 0.355 e. The molecule has 2 rings (SSSR count). The Balaban J connectivity index is 2.17. The molecular weight excluding hydrogens is 238 g/mol. The van der Waals surface area contributed by atoms with Crippen molar-refractivity contribution in [2.24, 2.45) is 11.3 Å². The smallest absolute Gasteiger partial charge is 0.239 e. The van der Waals surface area contributed by atoms with Crippen molar-refractivity contribution in [3.8, 4) is 0 Å². The molecule has 94 valence electrons. The normalized spacial score (nSPS) is 19.2. The molecule has 1 aliphatic rings. The zero-order chi connectivity index (χ0) is 12.5. The molecule has 0 amide bonds. The van der Waals surface area contributed by atoms with Crippen molar-refractivity contribution < 1.29 is 0 Å². The minimum Gasteiger partial charge on any atom is -0.355 e. The number of rotatable bonds is 2. The molecule has 1 aromatic heterocycles. The molecule has 0 aromatic carbocycles. The number of piperidine rings is 1. The Morgan fingerprint density at radius 3 is 2.65 bits per heavy atom. The van der Waals surface area contributed by atoms with E-state index in [-0.39, 0.29) is 0 Å². The third-order valence-electron chi connectivity index (χ3n) is 3.27. The van der Waals surface area contributed by atoms with E-state index in [1.54, 1.807) is 6.20 Å². The summed E-state index contributed by atoms with van der Waals surface area (Å²) in [6.45, 7) is 6.51. The number of nitrogens with two attached hydrogens (primary N) is 1. The van der Waals surface area contributed by atoms with E-state index < -0.39 is 0 Å². The average molecular weight is 256 g/mol. The van der Waals surface area contributed by atoms with E-state index in [0.717, 1.165) is 31.7 Å². The highest BCUT2D eigenvalue weighted by molar-refractivity contribution is 6.32. The predicted octanol–water partition coefficient (Wildman–Crippen LogP) is 2.04. The lowest BCUT2D eigenvalue weighted by Crippen LogP contribution is -2.38. The zero-order valence-corrected chi connectivity index (χ0v) is 11.0. The first-order chi connectivity index (χ1) is 8.02. The van der Waals surface area contributed by atoms with Crippen LogP contribution in [-0.4, -0.2) is 23.1 Å². The molecule has 3 N–H and O–H groups in total. The van der Waals surface area contributed by atoms with Gasteiger partial charge in [0.05, 0.1) is 6.20 Å². The second kappa shape index (κ2) is 4.66. The Labute approximate surface area is 106 Å². The lowest BCUT2D eigenvalue weighted by atomic mass is 9.83. The minimum absolute atomic E-state index is 0.397. The highest BCUT2D eigenvalue weighted by Gasteiger charge is 2.27. The van der Waals surface area contributed by atoms with E-state index >= 15 is 0 Å². The van der Waals surface area contributed by atoms with Gasteiger partial charge in [-0.25, -0.2) is 10.8 Å². The summed E-state index contributed by atoms with van der Waals surface area (Å²) in [5.41, 5.74) is 2.85. The maximum atomic E-state index is 6.12. The number of hydrogen-bond donors (Lipinski definition) is 2. The van der Waals surface area contributed by atoms with Crippen LogP contribution >= 0.6 is 11.6 Å². The molecule has 0 saturated carbocycles. The highest BCUT2D eigenvalue weighted by atomic mass is 35.5. The molecule has 0 radical (unpaired) electrons. The van der Waals surface area contributed by atoms with Crippen LogP contribution in [0.5, 0.6) is 0 Å². The molecule has 1 aliphatic heterocycles. The SMILES string of the molecule is CC1(C)CCN(c2nc(NN)ncc2Cl)CC1. The third-order valence-corrected chi connectivity index (χ3v) is 3.54. The minimum atomic E-state index is 0.397. The third kappa shape index (κ3) is 2.79. The number of nitrogens with one attached hydrogen (secondary N) is 1. The van der Waals surface area contributed by atoms with Gasteiger partial charge in [0.1, 0.15) is 5.02 Å². The van der Waals surface area contributed by atoms with Crippen molar-refractivity contribution in [2.45, 2.75) is 26.7 Å². The van der Waals surface area contributed by atoms with Crippen LogP contribution in [0.25, 0.3) is 0 Å². The number of aromatic nitrogens is 2. The maximum absolute atomic E-state index is 6.12. The molecule has 0 unspecified atom stereocenters. The van der Waals surface area contributed by atoms with Crippen molar-refractivity contribution in [3.05, 3.63) is 11.2 Å². The first-order valence-electron chi connectivity index (χ1n) is 5.76. The molecular formula is C11H18ClN5. The summed E-state index contributed by atoms with van der Waals surface area (Å²) in [6, 6.07) is 0. The van der Waals surface area contributed by atoms with Gasteiger partial charge >= 0.3 is 0 Å². The molecule has 1 aromatic rings. The molecule has 6 heteroatoms. The quantitative estimate of drug-likeness (QED) is 0.625. The summed E-state index contributed by atoms with van der Waals surface area (Å²) >= 11 is 6.12. The van der Waals surface area contributed by atoms with Gasteiger partial charge in [0.25, 0.3) is 0 Å². The molecule has 1 saturated heterocycles. The van der Waals surface area contributed by atoms with Crippen LogP contribution in [0, 0.1) is 5.41 Å². The zero-order valence-electron chi connectivity index (χ0n) is 10.2. The number of nitrogen functional groups attached to an aromatic ring is 1. The van der Waals surface area contributed by atoms with Crippen molar-refractivity contribution in [2.75, 3.05) is 23.4 Å². The van der Waals surface area contributed by atoms with Gasteiger partial charge in [-0.15, -0.1) is 0 Å². The van der Waals surface area contributed by atoms with E-state index in [4.69, 9.17) is 17.4 Å². The van der Waals surface area contributed by atoms with Gasteiger partial charge in [0.2, 0.25) is 5.95 Å². The first-order valence-corrected chi connectivity index (χ1v) is 6.14. The van der Waals surface area contributed by atoms with Crippen LogP contribution < -0.4 is 16.2 Å². The average Bonchev–Trinajstić information content (AvgIpc) is 2.30. The highest BCUT2D eigenvalue weighted by Crippen LogP contribution is 2.33. The van der Waals surface area contributed by atoms with Crippen molar-refractivity contribution in [1.29, 1.82) is 0 Å². The molecule has 0 spiro atoms. The van der Waals surface area contributed by atoms with Crippen molar-refractivity contribution in [3.63, 3.8) is 0 Å². The Morgan fingerprint density at radius 1 is 1.41 bits per heavy atom. The van der Waals surface area contributed by atoms with Gasteiger partial charge in [-0.05, 0) is 18.3 Å². The Kier molecular flexibility index (Phi) is 3.40. The maximum Gasteiger partial charge on any atom is 0.239 e. The Morgan fingerprint density at radius 2 is 2.06 bits per heavy atom. The number of hydrazine groups is 1. The summed E-state index contributed by atoms with van der Waals surface area (Å²) in [6.07, 6.45) is 3.86. The molecule has 1 fully saturated rings. The topological polar surface area (TPSA) is 67.1 Å². The molecule has 17 heavy (non-hydrogen) atoms. The van der Waals surface area contributed by atoms with Crippen molar-refractivity contribution in [1.82, 2.24) is 9.97 Å². The predicted molar refractivity (Wildman–Crippen MR) is 70.1 cm³/mol. The fraction of sp³-hybridized carbons (Fsp3) is 0.636. The van der Waals surface area contributed by atoms with Gasteiger partial charge in [-0.2, -0.15) is 4.98 Å². The fourth-order valence-electron chi connectivity index (χ4n) is 1.97. The van der Waals surface area contributed by atoms with Gasteiger partial charge in [-0.1, -0.05) is 25.4 Å². The lowest BCUT2D eigenvalue weighted by Gasteiger charge is -2.37. The van der Waals surface area contributed by atoms with Crippen LogP contribution in [0.15, 0.2) is 6.20 Å². The summed E-state index contributed by atoms with van der Waals surface area (Å²) in [7, 11) is 0. The Bertz CT molecular complexity index is 397. The van der Waals surface area contributed by atoms with E-state index in [1.165, 1.54) is 0 Å². The molecule has 5 nitrogen and oxygen atoms in total. The standard InChI is InChI=1S/C11H18ClN5/c1-11(2)3-5-17(6-4-11)9-8(12)7-14-10(15-9)16-13/h7H,3-6,13H2,1-2H3,(H,14,15,16). The summed E-state index contributed by atoms with van der Waals surface area (Å²) in [4.78, 5) is 10.5. The molecule has 0 aliphatic carbocycles. The molecule has 2 heterocycles. The Hall–Kier alpha value is -1.07. The van der Waals surface area contributed by atoms with Crippen LogP contribution in [0.3, 0.4) is 0 Å². The number of halogens is 1. The van der Waals surface area contributed by atoms with Gasteiger partial charge < -0.3 is 4.90 Å². The van der Waals surface area contributed by atoms with Gasteiger partial charge in [0.15, 0.2) is 5.82 Å². The van der Waals surface area contributed by atoms with Crippen LogP contribution in [0.1, 0.15) is 26.7 Å². The van der Waals surface area contributed by atoms with Crippen molar-refractivity contribution >= 4 is 23.4 Å². The van der Waals surface area contributed by atoms with E-state index in [0.29, 0.717) is 16.4 Å². The number of nitrogens with zero attached hydrogens (tertiary/aromatic N) is 3. The summed E-state index contributed by atoms with van der Waals surface area (Å²) in [5.74, 6) is 6.47. The fourth-order valence-corrected chi connectivity index (χ4v) is 2.18. The van der Waals surface area contributed by atoms with Gasteiger partial charge in [-0.3, -0.25) is 5.43 Å². The second-order valence-corrected chi connectivity index (χ2v) is 5.57. The van der Waals surface area contributed by atoms with Gasteiger partial charge in [0, 0.05) is 13.1 Å². The van der Waals surface area contributed by atoms with Crippen LogP contribution in [-0.2, 0) is 0 Å². The molecule has 0 atom stereocenters. The lowest BCUT2D eigenvalue weighted by molar-refractivity contribution is 0.279. The van der Waals surface area contributed by atoms with E-state index in [2.05, 4.69) is 34.1 Å². The first kappa shape index (κ1) is 12.4. The summed E-state index contributed by atoms with van der Waals surface area (Å²) in [5, 5.41) is 0.573. The monoisotopic (exact) mass is 255 g/mol. The number of hydrogen-bond acceptors (Lipinski definition) is 5. The van der Waals surface area contributed by atoms with Crippen LogP contribution in [0.4, 0.5) is 11.8 Å². The van der Waals surface area contributed by atoms with E-state index in [9.17, 15) is 0 Å². The number of anilines is 2. The second-order valence-electron chi connectivity index (χ2n) is 5.16.